The van der Waals surface area contributed by atoms with Crippen LogP contribution in [0, 0.1) is 0 Å². The van der Waals surface area contributed by atoms with Crippen LogP contribution in [0.2, 0.25) is 0 Å². The van der Waals surface area contributed by atoms with E-state index in [1.807, 2.05) is 22.1 Å². The molecule has 1 amide bonds. The largest absolute Gasteiger partial charge is 0.465 e. The van der Waals surface area contributed by atoms with E-state index in [0.717, 1.165) is 30.2 Å². The molecule has 1 atom stereocenters. The van der Waals surface area contributed by atoms with Crippen LogP contribution < -0.4 is 4.90 Å². The lowest BCUT2D eigenvalue weighted by Crippen LogP contribution is -2.29. The van der Waals surface area contributed by atoms with Gasteiger partial charge in [0.2, 0.25) is 5.91 Å². The number of aromatic nitrogens is 3. The van der Waals surface area contributed by atoms with Gasteiger partial charge in [0, 0.05) is 13.7 Å². The highest BCUT2D eigenvalue weighted by Crippen LogP contribution is 2.29. The first-order valence-electron chi connectivity index (χ1n) is 10.2. The molecule has 1 saturated heterocycles. The van der Waals surface area contributed by atoms with Crippen molar-refractivity contribution < 1.29 is 19.1 Å². The van der Waals surface area contributed by atoms with E-state index in [1.165, 1.54) is 23.8 Å². The summed E-state index contributed by atoms with van der Waals surface area (Å²) in [6.07, 6.45) is 2.17. The zero-order valence-electron chi connectivity index (χ0n) is 17.9. The molecule has 3 aromatic rings. The minimum atomic E-state index is -0.482. The normalized spacial score (nSPS) is 15.6. The summed E-state index contributed by atoms with van der Waals surface area (Å²) in [5.41, 5.74) is 0.849. The molecule has 10 heteroatoms. The van der Waals surface area contributed by atoms with Crippen molar-refractivity contribution in [2.45, 2.75) is 30.6 Å². The second kappa shape index (κ2) is 10.3. The molecule has 1 aliphatic rings. The first-order valence-corrected chi connectivity index (χ1v) is 12.1. The number of hydrogen-bond donors (Lipinski definition) is 0. The third-order valence-corrected chi connectivity index (χ3v) is 7.06. The van der Waals surface area contributed by atoms with Crippen LogP contribution >= 0.6 is 23.1 Å². The Morgan fingerprint density at radius 1 is 1.28 bits per heavy atom. The number of esters is 1. The van der Waals surface area contributed by atoms with E-state index in [2.05, 4.69) is 10.2 Å². The van der Waals surface area contributed by atoms with Crippen LogP contribution in [0.5, 0.6) is 0 Å². The Balaban J connectivity index is 1.51. The van der Waals surface area contributed by atoms with Gasteiger partial charge in [-0.3, -0.25) is 9.36 Å². The minimum Gasteiger partial charge on any atom is -0.465 e. The van der Waals surface area contributed by atoms with Crippen LogP contribution in [-0.2, 0) is 20.8 Å². The smallest absolute Gasteiger partial charge is 0.339 e. The van der Waals surface area contributed by atoms with Crippen molar-refractivity contribution in [3.63, 3.8) is 0 Å². The number of nitrogens with zero attached hydrogens (tertiary/aromatic N) is 4. The second-order valence-corrected chi connectivity index (χ2v) is 9.17. The van der Waals surface area contributed by atoms with Crippen molar-refractivity contribution in [3.8, 4) is 10.7 Å². The number of hydrogen-bond acceptors (Lipinski definition) is 8. The van der Waals surface area contributed by atoms with Crippen LogP contribution in [0.15, 0.2) is 46.9 Å². The number of carbonyl (C=O) groups excluding carboxylic acids is 2. The topological polar surface area (TPSA) is 86.5 Å². The number of para-hydroxylation sites is 1. The number of thiophene rings is 1. The molecular weight excluding hydrogens is 448 g/mol. The molecule has 0 radical (unpaired) electrons. The maximum absolute atomic E-state index is 12.9. The zero-order valence-corrected chi connectivity index (χ0v) is 19.5. The molecule has 8 nitrogen and oxygen atoms in total. The predicted octanol–water partition coefficient (Wildman–Crippen LogP) is 3.73. The average molecular weight is 473 g/mol. The maximum atomic E-state index is 12.9. The third kappa shape index (κ3) is 4.87. The van der Waals surface area contributed by atoms with Gasteiger partial charge < -0.3 is 14.4 Å². The summed E-state index contributed by atoms with van der Waals surface area (Å²) in [6.45, 7) is 1.42. The summed E-state index contributed by atoms with van der Waals surface area (Å²) in [6, 6.07) is 10.9. The minimum absolute atomic E-state index is 0.120. The average Bonchev–Trinajstić information content (AvgIpc) is 3.59. The van der Waals surface area contributed by atoms with Gasteiger partial charge in [-0.05, 0) is 36.4 Å². The molecule has 2 aromatic heterocycles. The summed E-state index contributed by atoms with van der Waals surface area (Å²) in [7, 11) is 2.97. The van der Waals surface area contributed by atoms with Gasteiger partial charge in [-0.2, -0.15) is 0 Å². The summed E-state index contributed by atoms with van der Waals surface area (Å²) in [5, 5.41) is 11.4. The van der Waals surface area contributed by atoms with E-state index >= 15 is 0 Å². The first kappa shape index (κ1) is 22.5. The van der Waals surface area contributed by atoms with Crippen molar-refractivity contribution in [2.75, 3.05) is 31.4 Å². The number of anilines is 1. The highest BCUT2D eigenvalue weighted by molar-refractivity contribution is 7.99. The van der Waals surface area contributed by atoms with Gasteiger partial charge in [0.1, 0.15) is 0 Å². The number of rotatable bonds is 8. The molecule has 0 saturated carbocycles. The number of benzene rings is 1. The SMILES string of the molecule is COC(=O)c1ccccc1N(C)C(=O)CSc1nnc(-c2cccs2)n1CC1CCCO1. The van der Waals surface area contributed by atoms with Gasteiger partial charge in [0.05, 0.1) is 41.6 Å². The third-order valence-electron chi connectivity index (χ3n) is 5.24. The monoisotopic (exact) mass is 472 g/mol. The predicted molar refractivity (Wildman–Crippen MR) is 124 cm³/mol. The Morgan fingerprint density at radius 3 is 2.84 bits per heavy atom. The van der Waals surface area contributed by atoms with Gasteiger partial charge in [0.15, 0.2) is 11.0 Å². The molecule has 0 N–H and O–H groups in total. The van der Waals surface area contributed by atoms with E-state index in [9.17, 15) is 9.59 Å². The Morgan fingerprint density at radius 2 is 2.12 bits per heavy atom. The van der Waals surface area contributed by atoms with E-state index in [-0.39, 0.29) is 17.8 Å². The highest BCUT2D eigenvalue weighted by Gasteiger charge is 2.24. The lowest BCUT2D eigenvalue weighted by molar-refractivity contribution is -0.115. The number of thioether (sulfide) groups is 1. The molecule has 1 fully saturated rings. The molecule has 168 valence electrons. The lowest BCUT2D eigenvalue weighted by atomic mass is 10.1. The highest BCUT2D eigenvalue weighted by atomic mass is 32.2. The Labute approximate surface area is 194 Å². The number of ether oxygens (including phenoxy) is 2. The molecule has 4 rings (SSSR count). The van der Waals surface area contributed by atoms with Gasteiger partial charge in [-0.1, -0.05) is 30.0 Å². The fourth-order valence-corrected chi connectivity index (χ4v) is 5.13. The molecule has 3 heterocycles. The number of methoxy groups -OCH3 is 1. The van der Waals surface area contributed by atoms with Gasteiger partial charge in [-0.15, -0.1) is 21.5 Å². The molecular formula is C22H24N4O4S2. The second-order valence-electron chi connectivity index (χ2n) is 7.28. The lowest BCUT2D eigenvalue weighted by Gasteiger charge is -2.20. The van der Waals surface area contributed by atoms with Crippen molar-refractivity contribution >= 4 is 40.7 Å². The van der Waals surface area contributed by atoms with E-state index in [0.29, 0.717) is 23.0 Å². The molecule has 0 bridgehead atoms. The molecule has 0 aliphatic carbocycles. The van der Waals surface area contributed by atoms with Crippen molar-refractivity contribution in [2.24, 2.45) is 0 Å². The fourth-order valence-electron chi connectivity index (χ4n) is 3.55. The van der Waals surface area contributed by atoms with Crippen molar-refractivity contribution in [3.05, 3.63) is 47.3 Å². The fraction of sp³-hybridized carbons (Fsp3) is 0.364. The van der Waals surface area contributed by atoms with Gasteiger partial charge in [-0.25, -0.2) is 4.79 Å². The van der Waals surface area contributed by atoms with Crippen LogP contribution in [0.1, 0.15) is 23.2 Å². The first-order chi connectivity index (χ1) is 15.6. The van der Waals surface area contributed by atoms with Crippen LogP contribution in [0.3, 0.4) is 0 Å². The van der Waals surface area contributed by atoms with Crippen molar-refractivity contribution in [1.82, 2.24) is 14.8 Å². The Kier molecular flexibility index (Phi) is 7.23. The maximum Gasteiger partial charge on any atom is 0.339 e. The summed E-state index contributed by atoms with van der Waals surface area (Å²) >= 11 is 2.93. The molecule has 1 unspecified atom stereocenters. The molecule has 0 spiro atoms. The van der Waals surface area contributed by atoms with Gasteiger partial charge >= 0.3 is 5.97 Å². The number of carbonyl (C=O) groups is 2. The van der Waals surface area contributed by atoms with E-state index in [4.69, 9.17) is 9.47 Å². The summed E-state index contributed by atoms with van der Waals surface area (Å²) in [4.78, 5) is 27.5. The van der Waals surface area contributed by atoms with E-state index < -0.39 is 5.97 Å². The van der Waals surface area contributed by atoms with Crippen LogP contribution in [0.25, 0.3) is 10.7 Å². The summed E-state index contributed by atoms with van der Waals surface area (Å²) < 4.78 is 12.7. The quantitative estimate of drug-likeness (QED) is 0.365. The number of amides is 1. The molecule has 1 aromatic carbocycles. The van der Waals surface area contributed by atoms with E-state index in [1.54, 1.807) is 42.6 Å². The van der Waals surface area contributed by atoms with Crippen molar-refractivity contribution in [1.29, 1.82) is 0 Å². The Bertz CT molecular complexity index is 1080. The summed E-state index contributed by atoms with van der Waals surface area (Å²) in [5.74, 6) is 0.301. The molecule has 32 heavy (non-hydrogen) atoms. The molecule has 1 aliphatic heterocycles. The van der Waals surface area contributed by atoms with Crippen LogP contribution in [0.4, 0.5) is 5.69 Å². The standard InChI is InChI=1S/C22H24N4O4S2/c1-25(17-9-4-3-8-16(17)21(28)29-2)19(27)14-32-22-24-23-20(18-10-6-12-31-18)26(22)13-15-7-5-11-30-15/h3-4,6,8-10,12,15H,5,7,11,13-14H2,1-2H3. The Hall–Kier alpha value is -2.69. The zero-order chi connectivity index (χ0) is 22.5. The van der Waals surface area contributed by atoms with Gasteiger partial charge in [0.25, 0.3) is 0 Å². The van der Waals surface area contributed by atoms with Crippen LogP contribution in [-0.4, -0.2) is 59.3 Å².